The molecule has 4 aromatic rings. The first kappa shape index (κ1) is 20.3. The number of hydrogen-bond donors (Lipinski definition) is 3. The van der Waals surface area contributed by atoms with Gasteiger partial charge in [-0.05, 0) is 63.5 Å². The van der Waals surface area contributed by atoms with Crippen molar-refractivity contribution in [3.63, 3.8) is 0 Å². The summed E-state index contributed by atoms with van der Waals surface area (Å²) in [7, 11) is 0. The highest BCUT2D eigenvalue weighted by Gasteiger charge is 2.35. The zero-order chi connectivity index (χ0) is 22.9. The van der Waals surface area contributed by atoms with Crippen LogP contribution in [0.2, 0.25) is 0 Å². The van der Waals surface area contributed by atoms with Gasteiger partial charge in [0.2, 0.25) is 5.91 Å². The standard InChI is InChI=1S/C26H19N3O4/c30-19-11-9-18(10-12-19)27-24(31)15-29-25(32)23(28-26(29)33)14-22-20-7-3-1-5-16(20)13-17-6-2-4-8-21(17)22/h1-14,30H,15H2,(H,27,31)(H,28,33)/b23-14-. The van der Waals surface area contributed by atoms with Gasteiger partial charge in [0.1, 0.15) is 18.0 Å². The summed E-state index contributed by atoms with van der Waals surface area (Å²) in [5.41, 5.74) is 1.38. The number of amides is 4. The summed E-state index contributed by atoms with van der Waals surface area (Å²) in [6, 6.07) is 23.0. The molecule has 0 bridgehead atoms. The molecule has 0 unspecified atom stereocenters. The summed E-state index contributed by atoms with van der Waals surface area (Å²) in [5.74, 6) is -1.03. The number of rotatable bonds is 4. The van der Waals surface area contributed by atoms with Crippen molar-refractivity contribution in [2.24, 2.45) is 0 Å². The molecule has 1 heterocycles. The number of phenolic OH excluding ortho intramolecular Hbond substituents is 1. The molecule has 7 nitrogen and oxygen atoms in total. The number of fused-ring (bicyclic) bond motifs is 2. The molecule has 1 aliphatic heterocycles. The number of nitrogens with zero attached hydrogens (tertiary/aromatic N) is 1. The molecule has 4 amide bonds. The third kappa shape index (κ3) is 3.87. The second-order valence-electron chi connectivity index (χ2n) is 7.71. The van der Waals surface area contributed by atoms with Gasteiger partial charge < -0.3 is 15.7 Å². The molecule has 5 rings (SSSR count). The Balaban J connectivity index is 1.45. The fraction of sp³-hybridized carbons (Fsp3) is 0.0385. The van der Waals surface area contributed by atoms with Gasteiger partial charge in [0.25, 0.3) is 5.91 Å². The monoisotopic (exact) mass is 437 g/mol. The lowest BCUT2D eigenvalue weighted by Gasteiger charge is -2.12. The van der Waals surface area contributed by atoms with Gasteiger partial charge in [-0.3, -0.25) is 9.59 Å². The van der Waals surface area contributed by atoms with Gasteiger partial charge in [0, 0.05) is 5.69 Å². The van der Waals surface area contributed by atoms with Crippen molar-refractivity contribution in [3.05, 3.63) is 90.1 Å². The lowest BCUT2D eigenvalue weighted by atomic mass is 9.96. The molecular weight excluding hydrogens is 418 g/mol. The van der Waals surface area contributed by atoms with Gasteiger partial charge in [-0.15, -0.1) is 0 Å². The molecule has 162 valence electrons. The van der Waals surface area contributed by atoms with Crippen LogP contribution in [0.4, 0.5) is 10.5 Å². The average Bonchev–Trinajstić information content (AvgIpc) is 3.07. The van der Waals surface area contributed by atoms with Gasteiger partial charge in [-0.1, -0.05) is 48.5 Å². The van der Waals surface area contributed by atoms with E-state index in [4.69, 9.17) is 0 Å². The lowest BCUT2D eigenvalue weighted by Crippen LogP contribution is -2.38. The number of aromatic hydroxyl groups is 1. The maximum absolute atomic E-state index is 13.0. The molecule has 0 spiro atoms. The minimum atomic E-state index is -0.656. The fourth-order valence-electron chi connectivity index (χ4n) is 3.95. The Kier molecular flexibility index (Phi) is 4.99. The van der Waals surface area contributed by atoms with E-state index >= 15 is 0 Å². The van der Waals surface area contributed by atoms with E-state index in [-0.39, 0.29) is 11.4 Å². The number of hydrogen-bond acceptors (Lipinski definition) is 4. The Morgan fingerprint density at radius 1 is 0.909 bits per heavy atom. The summed E-state index contributed by atoms with van der Waals surface area (Å²) < 4.78 is 0. The highest BCUT2D eigenvalue weighted by atomic mass is 16.3. The summed E-state index contributed by atoms with van der Waals surface area (Å²) in [6.45, 7) is -0.431. The Morgan fingerprint density at radius 2 is 1.52 bits per heavy atom. The van der Waals surface area contributed by atoms with E-state index in [0.717, 1.165) is 32.0 Å². The first-order valence-corrected chi connectivity index (χ1v) is 10.3. The normalized spacial score (nSPS) is 14.8. The molecule has 4 aromatic carbocycles. The second kappa shape index (κ2) is 8.12. The van der Waals surface area contributed by atoms with E-state index < -0.39 is 24.4 Å². The molecule has 0 radical (unpaired) electrons. The van der Waals surface area contributed by atoms with Gasteiger partial charge in [-0.2, -0.15) is 0 Å². The van der Waals surface area contributed by atoms with Crippen molar-refractivity contribution < 1.29 is 19.5 Å². The van der Waals surface area contributed by atoms with Crippen molar-refractivity contribution in [1.82, 2.24) is 10.2 Å². The first-order valence-electron chi connectivity index (χ1n) is 10.3. The van der Waals surface area contributed by atoms with E-state index in [1.165, 1.54) is 24.3 Å². The maximum Gasteiger partial charge on any atom is 0.329 e. The zero-order valence-corrected chi connectivity index (χ0v) is 17.4. The number of imide groups is 1. The Bertz CT molecular complexity index is 1400. The number of carbonyl (C=O) groups is 3. The maximum atomic E-state index is 13.0. The zero-order valence-electron chi connectivity index (χ0n) is 17.4. The largest absolute Gasteiger partial charge is 0.508 e. The molecule has 33 heavy (non-hydrogen) atoms. The van der Waals surface area contributed by atoms with E-state index in [2.05, 4.69) is 16.7 Å². The van der Waals surface area contributed by atoms with Crippen LogP contribution in [0.15, 0.2) is 84.6 Å². The van der Waals surface area contributed by atoms with E-state index in [0.29, 0.717) is 5.69 Å². The van der Waals surface area contributed by atoms with Crippen LogP contribution >= 0.6 is 0 Å². The fourth-order valence-corrected chi connectivity index (χ4v) is 3.95. The molecule has 0 aliphatic carbocycles. The first-order chi connectivity index (χ1) is 16.0. The number of phenols is 1. The topological polar surface area (TPSA) is 98.7 Å². The smallest absolute Gasteiger partial charge is 0.329 e. The van der Waals surface area contributed by atoms with Crippen LogP contribution in [0.25, 0.3) is 27.6 Å². The van der Waals surface area contributed by atoms with Crippen LogP contribution in [0, 0.1) is 0 Å². The molecular formula is C26H19N3O4. The number of anilines is 1. The molecule has 0 saturated carbocycles. The van der Waals surface area contributed by atoms with Crippen molar-refractivity contribution >= 4 is 51.2 Å². The lowest BCUT2D eigenvalue weighted by molar-refractivity contribution is -0.127. The predicted octanol–water partition coefficient (Wildman–Crippen LogP) is 4.23. The van der Waals surface area contributed by atoms with Gasteiger partial charge in [0.15, 0.2) is 0 Å². The third-order valence-corrected chi connectivity index (χ3v) is 5.52. The Morgan fingerprint density at radius 3 is 2.15 bits per heavy atom. The van der Waals surface area contributed by atoms with Crippen molar-refractivity contribution in [2.45, 2.75) is 0 Å². The van der Waals surface area contributed by atoms with Crippen LogP contribution in [0.5, 0.6) is 5.75 Å². The highest BCUT2D eigenvalue weighted by Crippen LogP contribution is 2.30. The van der Waals surface area contributed by atoms with Gasteiger partial charge >= 0.3 is 6.03 Å². The van der Waals surface area contributed by atoms with Crippen LogP contribution in [0.1, 0.15) is 5.56 Å². The molecule has 3 N–H and O–H groups in total. The van der Waals surface area contributed by atoms with Crippen LogP contribution in [0.3, 0.4) is 0 Å². The minimum Gasteiger partial charge on any atom is -0.508 e. The molecule has 0 aromatic heterocycles. The number of benzene rings is 4. The average molecular weight is 437 g/mol. The van der Waals surface area contributed by atoms with E-state index in [1.54, 1.807) is 6.08 Å². The number of nitrogens with one attached hydrogen (secondary N) is 2. The SMILES string of the molecule is O=C(CN1C(=O)N/C(=C\c2c3ccccc3cc3ccccc23)C1=O)Nc1ccc(O)cc1. The summed E-state index contributed by atoms with van der Waals surface area (Å²) in [4.78, 5) is 38.7. The predicted molar refractivity (Wildman–Crippen MR) is 126 cm³/mol. The van der Waals surface area contributed by atoms with Crippen LogP contribution < -0.4 is 10.6 Å². The van der Waals surface area contributed by atoms with Crippen LogP contribution in [-0.2, 0) is 9.59 Å². The van der Waals surface area contributed by atoms with Crippen molar-refractivity contribution in [1.29, 1.82) is 0 Å². The molecule has 1 saturated heterocycles. The minimum absolute atomic E-state index is 0.0674. The highest BCUT2D eigenvalue weighted by molar-refractivity contribution is 6.18. The summed E-state index contributed by atoms with van der Waals surface area (Å²) >= 11 is 0. The van der Waals surface area contributed by atoms with Crippen molar-refractivity contribution in [3.8, 4) is 5.75 Å². The third-order valence-electron chi connectivity index (χ3n) is 5.52. The van der Waals surface area contributed by atoms with Gasteiger partial charge in [0.05, 0.1) is 0 Å². The molecule has 0 atom stereocenters. The van der Waals surface area contributed by atoms with Crippen LogP contribution in [-0.4, -0.2) is 34.4 Å². The summed E-state index contributed by atoms with van der Waals surface area (Å²) in [5, 5.41) is 18.5. The number of urea groups is 1. The summed E-state index contributed by atoms with van der Waals surface area (Å²) in [6.07, 6.45) is 1.67. The van der Waals surface area contributed by atoms with E-state index in [9.17, 15) is 19.5 Å². The van der Waals surface area contributed by atoms with E-state index in [1.807, 2.05) is 48.5 Å². The van der Waals surface area contributed by atoms with Gasteiger partial charge in [-0.25, -0.2) is 9.69 Å². The second-order valence-corrected chi connectivity index (χ2v) is 7.71. The molecule has 1 aliphatic rings. The molecule has 1 fully saturated rings. The Labute approximate surface area is 188 Å². The van der Waals surface area contributed by atoms with Crippen molar-refractivity contribution in [2.75, 3.05) is 11.9 Å². The number of carbonyl (C=O) groups excluding carboxylic acids is 3. The Hall–Kier alpha value is -4.65. The molecule has 7 heteroatoms. The quantitative estimate of drug-likeness (QED) is 0.193.